The summed E-state index contributed by atoms with van der Waals surface area (Å²) in [5.41, 5.74) is 3.11. The normalized spacial score (nSPS) is 11.8. The highest BCUT2D eigenvalue weighted by Crippen LogP contribution is 2.20. The van der Waals surface area contributed by atoms with E-state index in [-0.39, 0.29) is 11.8 Å². The third-order valence-corrected chi connectivity index (χ3v) is 4.08. The molecule has 2 nitrogen and oxygen atoms in total. The van der Waals surface area contributed by atoms with E-state index in [9.17, 15) is 4.79 Å². The number of benzene rings is 3. The van der Waals surface area contributed by atoms with Crippen LogP contribution in [0.5, 0.6) is 0 Å². The lowest BCUT2D eigenvalue weighted by Gasteiger charge is -2.19. The molecule has 0 amide bonds. The maximum absolute atomic E-state index is 12.6. The van der Waals surface area contributed by atoms with Crippen molar-refractivity contribution >= 4 is 5.78 Å². The zero-order valence-corrected chi connectivity index (χ0v) is 13.6. The van der Waals surface area contributed by atoms with Crippen LogP contribution in [-0.4, -0.2) is 5.78 Å². The van der Waals surface area contributed by atoms with E-state index in [1.165, 1.54) is 5.56 Å². The SMILES string of the molecule is O=C(C[C@H](NCc1ccccc1)c1ccccc1)c1ccccc1. The average molecular weight is 315 g/mol. The van der Waals surface area contributed by atoms with E-state index in [1.54, 1.807) is 0 Å². The molecule has 0 heterocycles. The maximum atomic E-state index is 12.6. The van der Waals surface area contributed by atoms with Crippen molar-refractivity contribution in [1.29, 1.82) is 0 Å². The molecule has 0 aliphatic heterocycles. The summed E-state index contributed by atoms with van der Waals surface area (Å²) in [7, 11) is 0. The van der Waals surface area contributed by atoms with E-state index in [4.69, 9.17) is 0 Å². The van der Waals surface area contributed by atoms with E-state index >= 15 is 0 Å². The molecule has 2 heteroatoms. The summed E-state index contributed by atoms with van der Waals surface area (Å²) in [6.07, 6.45) is 0.445. The van der Waals surface area contributed by atoms with Crippen molar-refractivity contribution in [1.82, 2.24) is 5.32 Å². The highest BCUT2D eigenvalue weighted by atomic mass is 16.1. The summed E-state index contributed by atoms with van der Waals surface area (Å²) in [6.45, 7) is 0.739. The zero-order valence-electron chi connectivity index (χ0n) is 13.6. The van der Waals surface area contributed by atoms with Crippen molar-refractivity contribution in [3.05, 3.63) is 108 Å². The van der Waals surface area contributed by atoms with Crippen LogP contribution in [0.15, 0.2) is 91.0 Å². The zero-order chi connectivity index (χ0) is 16.6. The molecule has 1 N–H and O–H groups in total. The van der Waals surface area contributed by atoms with Crippen LogP contribution in [0.25, 0.3) is 0 Å². The highest BCUT2D eigenvalue weighted by molar-refractivity contribution is 5.96. The number of carbonyl (C=O) groups is 1. The molecular formula is C22H21NO. The minimum absolute atomic E-state index is 0.000822. The van der Waals surface area contributed by atoms with Gasteiger partial charge in [0.2, 0.25) is 0 Å². The first-order chi connectivity index (χ1) is 11.8. The largest absolute Gasteiger partial charge is 0.305 e. The number of hydrogen-bond donors (Lipinski definition) is 1. The fourth-order valence-corrected chi connectivity index (χ4v) is 2.76. The van der Waals surface area contributed by atoms with Crippen LogP contribution in [0, 0.1) is 0 Å². The van der Waals surface area contributed by atoms with Crippen LogP contribution in [0.4, 0.5) is 0 Å². The molecule has 0 saturated heterocycles. The predicted octanol–water partition coefficient (Wildman–Crippen LogP) is 4.79. The molecule has 24 heavy (non-hydrogen) atoms. The van der Waals surface area contributed by atoms with E-state index in [0.717, 1.165) is 17.7 Å². The Hall–Kier alpha value is -2.71. The average Bonchev–Trinajstić information content (AvgIpc) is 2.67. The van der Waals surface area contributed by atoms with Gasteiger partial charge in [-0.15, -0.1) is 0 Å². The first-order valence-corrected chi connectivity index (χ1v) is 8.23. The van der Waals surface area contributed by atoms with Gasteiger partial charge in [0.05, 0.1) is 0 Å². The standard InChI is InChI=1S/C22H21NO/c24-22(20-14-8-3-9-15-20)16-21(19-12-6-2-7-13-19)23-17-18-10-4-1-5-11-18/h1-15,21,23H,16-17H2/t21-/m0/s1. The summed E-state index contributed by atoms with van der Waals surface area (Å²) < 4.78 is 0. The van der Waals surface area contributed by atoms with Crippen LogP contribution < -0.4 is 5.32 Å². The Morgan fingerprint density at radius 2 is 1.29 bits per heavy atom. The fraction of sp³-hybridized carbons (Fsp3) is 0.136. The first-order valence-electron chi connectivity index (χ1n) is 8.23. The summed E-state index contributed by atoms with van der Waals surface area (Å²) in [4.78, 5) is 12.6. The smallest absolute Gasteiger partial charge is 0.164 e. The van der Waals surface area contributed by atoms with E-state index in [1.807, 2.05) is 66.7 Å². The Morgan fingerprint density at radius 1 is 0.750 bits per heavy atom. The Labute approximate surface area is 143 Å². The van der Waals surface area contributed by atoms with E-state index in [0.29, 0.717) is 6.42 Å². The second kappa shape index (κ2) is 8.23. The molecule has 0 spiro atoms. The third-order valence-electron chi connectivity index (χ3n) is 4.08. The van der Waals surface area contributed by atoms with Gasteiger partial charge in [-0.25, -0.2) is 0 Å². The fourth-order valence-electron chi connectivity index (χ4n) is 2.76. The van der Waals surface area contributed by atoms with Gasteiger partial charge in [-0.1, -0.05) is 91.0 Å². The monoisotopic (exact) mass is 315 g/mol. The lowest BCUT2D eigenvalue weighted by atomic mass is 9.97. The van der Waals surface area contributed by atoms with Gasteiger partial charge in [0.25, 0.3) is 0 Å². The summed E-state index contributed by atoms with van der Waals surface area (Å²) in [5, 5.41) is 3.53. The van der Waals surface area contributed by atoms with Crippen molar-refractivity contribution < 1.29 is 4.79 Å². The molecule has 3 aromatic carbocycles. The van der Waals surface area contributed by atoms with E-state index in [2.05, 4.69) is 29.6 Å². The minimum Gasteiger partial charge on any atom is -0.305 e. The first kappa shape index (κ1) is 16.2. The van der Waals surface area contributed by atoms with Crippen LogP contribution >= 0.6 is 0 Å². The third kappa shape index (κ3) is 4.40. The Kier molecular flexibility index (Phi) is 5.54. The van der Waals surface area contributed by atoms with Crippen LogP contribution in [0.3, 0.4) is 0 Å². The van der Waals surface area contributed by atoms with Crippen LogP contribution in [0.1, 0.15) is 33.9 Å². The number of carbonyl (C=O) groups excluding carboxylic acids is 1. The van der Waals surface area contributed by atoms with Crippen molar-refractivity contribution in [3.8, 4) is 0 Å². The van der Waals surface area contributed by atoms with Crippen molar-refractivity contribution in [3.63, 3.8) is 0 Å². The molecule has 3 aromatic rings. The molecule has 3 rings (SSSR count). The number of nitrogens with one attached hydrogen (secondary N) is 1. The molecular weight excluding hydrogens is 294 g/mol. The van der Waals surface area contributed by atoms with Gasteiger partial charge >= 0.3 is 0 Å². The van der Waals surface area contributed by atoms with Gasteiger partial charge in [-0.3, -0.25) is 4.79 Å². The molecule has 0 aliphatic carbocycles. The summed E-state index contributed by atoms with van der Waals surface area (Å²) in [5.74, 6) is 0.157. The topological polar surface area (TPSA) is 29.1 Å². The van der Waals surface area contributed by atoms with Gasteiger partial charge in [0.1, 0.15) is 0 Å². The van der Waals surface area contributed by atoms with Gasteiger partial charge in [-0.2, -0.15) is 0 Å². The molecule has 0 saturated carbocycles. The second-order valence-corrected chi connectivity index (χ2v) is 5.82. The van der Waals surface area contributed by atoms with Gasteiger partial charge < -0.3 is 5.32 Å². The lowest BCUT2D eigenvalue weighted by Crippen LogP contribution is -2.23. The molecule has 0 unspecified atom stereocenters. The second-order valence-electron chi connectivity index (χ2n) is 5.82. The maximum Gasteiger partial charge on any atom is 0.164 e. The molecule has 120 valence electrons. The minimum atomic E-state index is -0.000822. The van der Waals surface area contributed by atoms with Crippen molar-refractivity contribution in [2.75, 3.05) is 0 Å². The molecule has 0 aliphatic rings. The number of Topliss-reactive ketones (excluding diaryl/α,β-unsaturated/α-hetero) is 1. The van der Waals surface area contributed by atoms with E-state index < -0.39 is 0 Å². The quantitative estimate of drug-likeness (QED) is 0.635. The molecule has 0 aromatic heterocycles. The molecule has 0 fully saturated rings. The Balaban J connectivity index is 1.74. The van der Waals surface area contributed by atoms with Gasteiger partial charge in [0.15, 0.2) is 5.78 Å². The highest BCUT2D eigenvalue weighted by Gasteiger charge is 2.16. The Morgan fingerprint density at radius 3 is 1.92 bits per heavy atom. The number of rotatable bonds is 7. The Bertz CT molecular complexity index is 754. The number of hydrogen-bond acceptors (Lipinski definition) is 2. The molecule has 0 bridgehead atoms. The van der Waals surface area contributed by atoms with Crippen molar-refractivity contribution in [2.45, 2.75) is 19.0 Å². The lowest BCUT2D eigenvalue weighted by molar-refractivity contribution is 0.0968. The van der Waals surface area contributed by atoms with Gasteiger partial charge in [0, 0.05) is 24.6 Å². The predicted molar refractivity (Wildman–Crippen MR) is 97.9 cm³/mol. The van der Waals surface area contributed by atoms with Crippen LogP contribution in [-0.2, 0) is 6.54 Å². The van der Waals surface area contributed by atoms with Crippen molar-refractivity contribution in [2.24, 2.45) is 0 Å². The molecule has 1 atom stereocenters. The van der Waals surface area contributed by atoms with Crippen LogP contribution in [0.2, 0.25) is 0 Å². The van der Waals surface area contributed by atoms with Gasteiger partial charge in [-0.05, 0) is 11.1 Å². The number of ketones is 1. The summed E-state index contributed by atoms with van der Waals surface area (Å²) >= 11 is 0. The molecule has 0 radical (unpaired) electrons. The summed E-state index contributed by atoms with van der Waals surface area (Å²) in [6, 6.07) is 29.9.